The summed E-state index contributed by atoms with van der Waals surface area (Å²) in [6.07, 6.45) is 22.1. The van der Waals surface area contributed by atoms with Crippen molar-refractivity contribution in [3.05, 3.63) is 55.0 Å². The van der Waals surface area contributed by atoms with E-state index in [1.54, 1.807) is 77.0 Å². The predicted octanol–water partition coefficient (Wildman–Crippen LogP) is 10.4. The van der Waals surface area contributed by atoms with E-state index < -0.39 is 0 Å². The molecule has 0 unspecified atom stereocenters. The normalized spacial score (nSPS) is 41.1. The van der Waals surface area contributed by atoms with Crippen LogP contribution in [0.15, 0.2) is 36.4 Å². The van der Waals surface area contributed by atoms with Crippen LogP contribution in [0.1, 0.15) is 95.5 Å². The summed E-state index contributed by atoms with van der Waals surface area (Å²) in [4.78, 5) is 0. The third kappa shape index (κ3) is 5.09. The molecule has 2 aromatic carbocycles. The zero-order valence-electron chi connectivity index (χ0n) is 22.8. The zero-order valence-corrected chi connectivity index (χ0v) is 25.9. The molecule has 0 spiro atoms. The van der Waals surface area contributed by atoms with Gasteiger partial charge in [-0.2, -0.15) is 30.2 Å². The number of halogens is 1. The molecule has 8 saturated carbocycles. The van der Waals surface area contributed by atoms with Crippen molar-refractivity contribution >= 4 is 24.2 Å². The van der Waals surface area contributed by atoms with E-state index in [4.69, 9.17) is 0 Å². The summed E-state index contributed by atoms with van der Waals surface area (Å²) in [5.41, 5.74) is 2.78. The minimum Gasteiger partial charge on any atom is -0.343 e. The van der Waals surface area contributed by atoms with Gasteiger partial charge in [0.1, 0.15) is 0 Å². The van der Waals surface area contributed by atoms with Crippen LogP contribution in [0.25, 0.3) is 10.8 Å². The van der Waals surface area contributed by atoms with Crippen molar-refractivity contribution in [3.63, 3.8) is 0 Å². The van der Waals surface area contributed by atoms with E-state index in [0.717, 1.165) is 52.3 Å². The first-order valence-electron chi connectivity index (χ1n) is 15.3. The fraction of sp³-hybridized carbons (Fsp3) is 0.686. The summed E-state index contributed by atoms with van der Waals surface area (Å²) in [6.45, 7) is 6.47. The van der Waals surface area contributed by atoms with Crippen molar-refractivity contribution in [2.75, 3.05) is 0 Å². The first-order chi connectivity index (χ1) is 18.0. The van der Waals surface area contributed by atoms with Gasteiger partial charge in [-0.3, -0.25) is 0 Å². The summed E-state index contributed by atoms with van der Waals surface area (Å²) in [5.74, 6) is 7.80. The van der Waals surface area contributed by atoms with Crippen LogP contribution in [0, 0.1) is 72.2 Å². The van der Waals surface area contributed by atoms with E-state index in [0.29, 0.717) is 0 Å². The molecule has 37 heavy (non-hydrogen) atoms. The molecule has 0 amide bonds. The molecule has 8 aliphatic carbocycles. The van der Waals surface area contributed by atoms with Crippen molar-refractivity contribution in [3.8, 4) is 0 Å². The molecule has 0 saturated heterocycles. The molecule has 2 aromatic rings. The second-order valence-electron chi connectivity index (χ2n) is 14.4. The molecule has 0 aromatic heterocycles. The molecule has 8 aliphatic rings. The molecular weight excluding hydrogens is 607 g/mol. The minimum absolute atomic E-state index is 0.776. The van der Waals surface area contributed by atoms with Gasteiger partial charge in [-0.05, 0) is 129 Å². The van der Waals surface area contributed by atoms with Gasteiger partial charge in [-0.1, -0.05) is 31.5 Å². The Labute approximate surface area is 244 Å². The molecule has 0 aliphatic heterocycles. The van der Waals surface area contributed by atoms with Gasteiger partial charge in [0.2, 0.25) is 0 Å². The van der Waals surface area contributed by atoms with Gasteiger partial charge in [0.25, 0.3) is 0 Å². The van der Waals surface area contributed by atoms with E-state index >= 15 is 0 Å². The average Bonchev–Trinajstić information content (AvgIpc) is 2.87. The number of benzene rings is 2. The van der Waals surface area contributed by atoms with Crippen LogP contribution >= 0.6 is 13.4 Å². The largest absolute Gasteiger partial charge is 0.343 e. The Morgan fingerprint density at radius 1 is 0.784 bits per heavy atom. The predicted molar refractivity (Wildman–Crippen MR) is 156 cm³/mol. The third-order valence-corrected chi connectivity index (χ3v) is 12.1. The third-order valence-electron chi connectivity index (χ3n) is 12.1. The molecule has 8 fully saturated rings. The Kier molecular flexibility index (Phi) is 8.05. The number of fused-ring (bicyclic) bond motifs is 1. The van der Waals surface area contributed by atoms with Gasteiger partial charge in [-0.25, -0.2) is 0 Å². The Morgan fingerprint density at radius 2 is 1.22 bits per heavy atom. The second-order valence-corrected chi connectivity index (χ2v) is 14.4. The van der Waals surface area contributed by atoms with Crippen molar-refractivity contribution in [2.24, 2.45) is 52.3 Å². The summed E-state index contributed by atoms with van der Waals surface area (Å²) in [5, 5.41) is 2.60. The van der Waals surface area contributed by atoms with Crippen LogP contribution in [-0.4, -0.2) is 0 Å². The summed E-state index contributed by atoms with van der Waals surface area (Å²) in [7, 11) is 0. The fourth-order valence-corrected chi connectivity index (χ4v) is 12.0. The molecule has 204 valence electrons. The van der Waals surface area contributed by atoms with Crippen LogP contribution in [0.5, 0.6) is 0 Å². The van der Waals surface area contributed by atoms with Crippen LogP contribution in [-0.2, 0) is 17.2 Å². The number of hydrogen-bond acceptors (Lipinski definition) is 0. The monoisotopic (exact) mass is 651 g/mol. The van der Waals surface area contributed by atoms with Crippen molar-refractivity contribution in [1.82, 2.24) is 0 Å². The molecule has 0 heterocycles. The van der Waals surface area contributed by atoms with Gasteiger partial charge in [0.15, 0.2) is 0 Å². The van der Waals surface area contributed by atoms with E-state index in [1.165, 1.54) is 29.2 Å². The van der Waals surface area contributed by atoms with E-state index in [9.17, 15) is 0 Å². The molecule has 0 N–H and O–H groups in total. The first-order valence-corrected chi connectivity index (χ1v) is 18.9. The molecule has 0 nitrogen and oxygen atoms in total. The summed E-state index contributed by atoms with van der Waals surface area (Å²) < 4.78 is 0. The van der Waals surface area contributed by atoms with Gasteiger partial charge in [-0.15, -0.1) is 16.8 Å². The molecular formula is C35H46BrPd-. The van der Waals surface area contributed by atoms with Gasteiger partial charge in [0, 0.05) is 0 Å². The van der Waals surface area contributed by atoms with Crippen molar-refractivity contribution in [1.29, 1.82) is 0 Å². The standard InChI is InChI=1S/C24H37.C11H9.BrH.Pd/c1-2-3-22(23-10-16-4-17(11-23)6-18(5-16)12-23)24-13-19-7-20(14-24)9-21(8-19)15-24;1-9-5-4-7-10-6-2-3-8-11(9)10;;/h16-22H,1-15H2;2-4,6-8H,1H3;1H;/q2*-1;;+2/p-1. The first kappa shape index (κ1) is 27.0. The van der Waals surface area contributed by atoms with Crippen molar-refractivity contribution < 1.29 is 17.2 Å². The van der Waals surface area contributed by atoms with Crippen LogP contribution in [0.2, 0.25) is 0 Å². The van der Waals surface area contributed by atoms with Gasteiger partial charge in [0.05, 0.1) is 0 Å². The molecule has 2 heteroatoms. The van der Waals surface area contributed by atoms with Crippen LogP contribution in [0.3, 0.4) is 0 Å². The Hall–Kier alpha value is -0.158. The Bertz CT molecular complexity index is 952. The van der Waals surface area contributed by atoms with E-state index in [2.05, 4.69) is 80.9 Å². The quantitative estimate of drug-likeness (QED) is 0.228. The molecule has 0 atom stereocenters. The van der Waals surface area contributed by atoms with Gasteiger partial charge >= 0.3 is 30.6 Å². The topological polar surface area (TPSA) is 0 Å². The van der Waals surface area contributed by atoms with Gasteiger partial charge < -0.3 is 6.92 Å². The summed E-state index contributed by atoms with van der Waals surface area (Å²) in [6, 6.07) is 15.6. The Morgan fingerprint density at radius 3 is 1.62 bits per heavy atom. The van der Waals surface area contributed by atoms with Crippen LogP contribution < -0.4 is 0 Å². The van der Waals surface area contributed by atoms with Crippen LogP contribution in [0.4, 0.5) is 0 Å². The average molecular weight is 653 g/mol. The maximum atomic E-state index is 4.38. The fourth-order valence-electron chi connectivity index (χ4n) is 12.0. The number of rotatable bonds is 4. The number of aryl methyl sites for hydroxylation is 1. The smallest absolute Gasteiger partial charge is 0.0257 e. The SMILES string of the molecule is Cc1[c-]ccc2ccccc12.[Br][Pd+].[CH2-]CCC(C12CC3CC(CC(C3)C1)C2)C12CC3CC(CC(C3)C1)C2. The maximum Gasteiger partial charge on any atom is -0.0257 e. The minimum atomic E-state index is 0.776. The van der Waals surface area contributed by atoms with Crippen molar-refractivity contribution in [2.45, 2.75) is 96.8 Å². The molecule has 10 rings (SSSR count). The number of hydrogen-bond donors (Lipinski definition) is 0. The van der Waals surface area contributed by atoms with E-state index in [-0.39, 0.29) is 0 Å². The maximum absolute atomic E-state index is 4.38. The zero-order chi connectivity index (χ0) is 25.6. The van der Waals surface area contributed by atoms with E-state index in [1.807, 2.05) is 6.07 Å². The summed E-state index contributed by atoms with van der Waals surface area (Å²) >= 11 is 5.35. The molecule has 0 radical (unpaired) electrons. The second kappa shape index (κ2) is 11.0. The molecule has 8 bridgehead atoms. The Balaban J connectivity index is 0.000000163.